The van der Waals surface area contributed by atoms with Crippen molar-refractivity contribution in [1.82, 2.24) is 9.80 Å². The second-order valence-electron chi connectivity index (χ2n) is 5.45. The molecule has 1 aromatic heterocycles. The van der Waals surface area contributed by atoms with Crippen molar-refractivity contribution in [2.24, 2.45) is 0 Å². The number of thiophene rings is 1. The Morgan fingerprint density at radius 2 is 1.85 bits per heavy atom. The lowest BCUT2D eigenvalue weighted by atomic mass is 10.1. The molecule has 20 heavy (non-hydrogen) atoms. The Kier molecular flexibility index (Phi) is 4.68. The van der Waals surface area contributed by atoms with E-state index < -0.39 is 0 Å². The quantitative estimate of drug-likeness (QED) is 0.937. The largest absolute Gasteiger partial charge is 0.395 e. The molecule has 2 aromatic rings. The number of fused-ring (bicyclic) bond motifs is 1. The molecule has 1 N–H and O–H groups in total. The summed E-state index contributed by atoms with van der Waals surface area (Å²) in [5.74, 6) is 0. The summed E-state index contributed by atoms with van der Waals surface area (Å²) < 4.78 is 1.39. The van der Waals surface area contributed by atoms with Gasteiger partial charge < -0.3 is 5.11 Å². The summed E-state index contributed by atoms with van der Waals surface area (Å²) in [5.41, 5.74) is 1.46. The summed E-state index contributed by atoms with van der Waals surface area (Å²) in [4.78, 5) is 4.91. The highest BCUT2D eigenvalue weighted by Crippen LogP contribution is 2.26. The van der Waals surface area contributed by atoms with E-state index in [1.54, 1.807) is 0 Å². The van der Waals surface area contributed by atoms with Crippen LogP contribution in [0, 0.1) is 0 Å². The molecule has 1 fully saturated rings. The van der Waals surface area contributed by atoms with E-state index in [2.05, 4.69) is 39.4 Å². The number of aliphatic hydroxyl groups excluding tert-OH is 1. The van der Waals surface area contributed by atoms with Crippen LogP contribution in [-0.4, -0.2) is 54.2 Å². The maximum atomic E-state index is 9.05. The third kappa shape index (κ3) is 3.20. The summed E-state index contributed by atoms with van der Waals surface area (Å²) >= 11 is 1.85. The molecular formula is C16H22N2OS. The van der Waals surface area contributed by atoms with Crippen LogP contribution >= 0.6 is 11.3 Å². The number of β-amino-alcohol motifs (C(OH)–C–C–N with tert-alkyl or cyclic N) is 1. The SMILES string of the molecule is OCCN1CCCN(Cc2csc3ccccc23)CC1. The molecule has 0 unspecified atom stereocenters. The Balaban J connectivity index is 1.65. The molecular weight excluding hydrogens is 268 g/mol. The Bertz CT molecular complexity index is 554. The molecule has 1 aliphatic heterocycles. The van der Waals surface area contributed by atoms with Crippen LogP contribution in [-0.2, 0) is 6.54 Å². The zero-order valence-corrected chi connectivity index (χ0v) is 12.6. The van der Waals surface area contributed by atoms with E-state index in [1.165, 1.54) is 22.1 Å². The van der Waals surface area contributed by atoms with Gasteiger partial charge in [0.05, 0.1) is 6.61 Å². The lowest BCUT2D eigenvalue weighted by Gasteiger charge is -2.21. The van der Waals surface area contributed by atoms with Crippen molar-refractivity contribution in [2.75, 3.05) is 39.3 Å². The van der Waals surface area contributed by atoms with Crippen LogP contribution in [0.5, 0.6) is 0 Å². The van der Waals surface area contributed by atoms with E-state index in [1.807, 2.05) is 11.3 Å². The number of aliphatic hydroxyl groups is 1. The predicted octanol–water partition coefficient (Wildman–Crippen LogP) is 2.40. The molecule has 108 valence electrons. The fraction of sp³-hybridized carbons (Fsp3) is 0.500. The lowest BCUT2D eigenvalue weighted by Crippen LogP contribution is -2.32. The molecule has 1 aromatic carbocycles. The first-order chi connectivity index (χ1) is 9.86. The molecule has 0 spiro atoms. The second-order valence-corrected chi connectivity index (χ2v) is 6.36. The maximum absolute atomic E-state index is 9.05. The molecule has 0 amide bonds. The zero-order valence-electron chi connectivity index (χ0n) is 11.8. The highest BCUT2D eigenvalue weighted by molar-refractivity contribution is 7.17. The van der Waals surface area contributed by atoms with E-state index in [4.69, 9.17) is 5.11 Å². The first-order valence-corrected chi connectivity index (χ1v) is 8.25. The smallest absolute Gasteiger partial charge is 0.0558 e. The Hall–Kier alpha value is -0.940. The van der Waals surface area contributed by atoms with Crippen LogP contribution in [0.25, 0.3) is 10.1 Å². The molecule has 1 saturated heterocycles. The summed E-state index contributed by atoms with van der Waals surface area (Å²) in [6.07, 6.45) is 1.20. The highest BCUT2D eigenvalue weighted by atomic mass is 32.1. The predicted molar refractivity (Wildman–Crippen MR) is 85.2 cm³/mol. The summed E-state index contributed by atoms with van der Waals surface area (Å²) in [6, 6.07) is 8.68. The van der Waals surface area contributed by atoms with Crippen molar-refractivity contribution in [3.05, 3.63) is 35.2 Å². The molecule has 3 rings (SSSR count). The van der Waals surface area contributed by atoms with Crippen molar-refractivity contribution in [2.45, 2.75) is 13.0 Å². The third-order valence-corrected chi connectivity index (χ3v) is 5.06. The van der Waals surface area contributed by atoms with Gasteiger partial charge in [-0.05, 0) is 41.9 Å². The fourth-order valence-electron chi connectivity index (χ4n) is 2.94. The van der Waals surface area contributed by atoms with Gasteiger partial charge >= 0.3 is 0 Å². The van der Waals surface area contributed by atoms with Crippen molar-refractivity contribution < 1.29 is 5.11 Å². The van der Waals surface area contributed by atoms with Crippen LogP contribution in [0.2, 0.25) is 0 Å². The molecule has 2 heterocycles. The van der Waals surface area contributed by atoms with Crippen LogP contribution in [0.3, 0.4) is 0 Å². The number of nitrogens with zero attached hydrogens (tertiary/aromatic N) is 2. The van der Waals surface area contributed by atoms with Crippen LogP contribution < -0.4 is 0 Å². The van der Waals surface area contributed by atoms with Crippen molar-refractivity contribution in [3.63, 3.8) is 0 Å². The average molecular weight is 290 g/mol. The summed E-state index contributed by atoms with van der Waals surface area (Å²) in [7, 11) is 0. The molecule has 0 bridgehead atoms. The van der Waals surface area contributed by atoms with Gasteiger partial charge in [0.1, 0.15) is 0 Å². The lowest BCUT2D eigenvalue weighted by molar-refractivity contribution is 0.196. The van der Waals surface area contributed by atoms with Gasteiger partial charge in [-0.25, -0.2) is 0 Å². The van der Waals surface area contributed by atoms with Gasteiger partial charge in [-0.1, -0.05) is 18.2 Å². The topological polar surface area (TPSA) is 26.7 Å². The highest BCUT2D eigenvalue weighted by Gasteiger charge is 2.15. The van der Waals surface area contributed by atoms with Gasteiger partial charge in [0.25, 0.3) is 0 Å². The first kappa shape index (κ1) is 14.0. The Morgan fingerprint density at radius 3 is 2.75 bits per heavy atom. The molecule has 0 aliphatic carbocycles. The first-order valence-electron chi connectivity index (χ1n) is 7.37. The van der Waals surface area contributed by atoms with Crippen molar-refractivity contribution >= 4 is 21.4 Å². The van der Waals surface area contributed by atoms with Crippen LogP contribution in [0.1, 0.15) is 12.0 Å². The number of hydrogen-bond acceptors (Lipinski definition) is 4. The van der Waals surface area contributed by atoms with Gasteiger partial charge in [-0.15, -0.1) is 11.3 Å². The minimum atomic E-state index is 0.273. The van der Waals surface area contributed by atoms with Crippen molar-refractivity contribution in [3.8, 4) is 0 Å². The fourth-order valence-corrected chi connectivity index (χ4v) is 3.90. The van der Waals surface area contributed by atoms with E-state index in [9.17, 15) is 0 Å². The second kappa shape index (κ2) is 6.68. The number of rotatable bonds is 4. The third-order valence-electron chi connectivity index (χ3n) is 4.05. The van der Waals surface area contributed by atoms with Gasteiger partial charge in [0.15, 0.2) is 0 Å². The molecule has 3 nitrogen and oxygen atoms in total. The monoisotopic (exact) mass is 290 g/mol. The van der Waals surface area contributed by atoms with Crippen LogP contribution in [0.4, 0.5) is 0 Å². The van der Waals surface area contributed by atoms with Gasteiger partial charge in [-0.2, -0.15) is 0 Å². The van der Waals surface area contributed by atoms with E-state index in [0.717, 1.165) is 39.3 Å². The number of hydrogen-bond donors (Lipinski definition) is 1. The van der Waals surface area contributed by atoms with Gasteiger partial charge in [0, 0.05) is 30.9 Å². The van der Waals surface area contributed by atoms with Gasteiger partial charge in [-0.3, -0.25) is 9.80 Å². The Labute approximate surface area is 124 Å². The molecule has 0 saturated carbocycles. The molecule has 0 radical (unpaired) electrons. The number of benzene rings is 1. The minimum Gasteiger partial charge on any atom is -0.395 e. The molecule has 1 aliphatic rings. The molecule has 4 heteroatoms. The zero-order chi connectivity index (χ0) is 13.8. The van der Waals surface area contributed by atoms with Gasteiger partial charge in [0.2, 0.25) is 0 Å². The van der Waals surface area contributed by atoms with E-state index in [0.29, 0.717) is 0 Å². The van der Waals surface area contributed by atoms with Crippen molar-refractivity contribution in [1.29, 1.82) is 0 Å². The molecule has 0 atom stereocenters. The minimum absolute atomic E-state index is 0.273. The van der Waals surface area contributed by atoms with E-state index in [-0.39, 0.29) is 6.61 Å². The van der Waals surface area contributed by atoms with E-state index >= 15 is 0 Å². The Morgan fingerprint density at radius 1 is 1.05 bits per heavy atom. The maximum Gasteiger partial charge on any atom is 0.0558 e. The normalized spacial score (nSPS) is 18.4. The summed E-state index contributed by atoms with van der Waals surface area (Å²) in [5, 5.41) is 12.8. The van der Waals surface area contributed by atoms with Crippen LogP contribution in [0.15, 0.2) is 29.6 Å². The standard InChI is InChI=1S/C16H22N2OS/c19-11-10-17-6-3-7-18(9-8-17)12-14-13-20-16-5-2-1-4-15(14)16/h1-2,4-5,13,19H,3,6-12H2. The summed E-state index contributed by atoms with van der Waals surface area (Å²) in [6.45, 7) is 6.59. The average Bonchev–Trinajstić information content (AvgIpc) is 2.74.